The number of rotatable bonds is 18. The van der Waals surface area contributed by atoms with E-state index in [-0.39, 0.29) is 18.3 Å². The smallest absolute Gasteiger partial charge is 0.326 e. The molecule has 0 bridgehead atoms. The highest BCUT2D eigenvalue weighted by Crippen LogP contribution is 2.10. The summed E-state index contributed by atoms with van der Waals surface area (Å²) in [6.07, 6.45) is 3.77. The molecular formula is C23H46N6O5. The topological polar surface area (TPSA) is 203 Å². The average molecular weight is 487 g/mol. The summed E-state index contributed by atoms with van der Waals surface area (Å²) in [5, 5.41) is 17.4. The van der Waals surface area contributed by atoms with Crippen molar-refractivity contribution in [2.75, 3.05) is 13.1 Å². The van der Waals surface area contributed by atoms with Gasteiger partial charge in [-0.1, -0.05) is 34.1 Å². The number of carbonyl (C=O) groups is 4. The summed E-state index contributed by atoms with van der Waals surface area (Å²) in [5.74, 6) is -3.07. The molecule has 0 heterocycles. The summed E-state index contributed by atoms with van der Waals surface area (Å²) in [7, 11) is 0. The molecule has 0 aromatic heterocycles. The van der Waals surface area contributed by atoms with Crippen LogP contribution in [0, 0.1) is 11.8 Å². The van der Waals surface area contributed by atoms with Crippen LogP contribution in [-0.2, 0) is 19.2 Å². The van der Waals surface area contributed by atoms with Crippen molar-refractivity contribution >= 4 is 23.7 Å². The Bertz CT molecular complexity index is 645. The lowest BCUT2D eigenvalue weighted by Crippen LogP contribution is -2.58. The lowest BCUT2D eigenvalue weighted by molar-refractivity contribution is -0.142. The molecule has 0 aromatic carbocycles. The third-order valence-corrected chi connectivity index (χ3v) is 5.95. The van der Waals surface area contributed by atoms with E-state index in [1.807, 2.05) is 13.8 Å². The van der Waals surface area contributed by atoms with Crippen LogP contribution in [0.4, 0.5) is 0 Å². The lowest BCUT2D eigenvalue weighted by atomic mass is 9.98. The Morgan fingerprint density at radius 1 is 0.765 bits per heavy atom. The predicted octanol–water partition coefficient (Wildman–Crippen LogP) is -0.187. The summed E-state index contributed by atoms with van der Waals surface area (Å²) >= 11 is 0. The summed E-state index contributed by atoms with van der Waals surface area (Å²) < 4.78 is 0. The van der Waals surface area contributed by atoms with Gasteiger partial charge in [0.05, 0.1) is 6.04 Å². The fourth-order valence-electron chi connectivity index (χ4n) is 3.34. The highest BCUT2D eigenvalue weighted by molar-refractivity contribution is 5.94. The molecule has 5 atom stereocenters. The van der Waals surface area contributed by atoms with E-state index in [1.54, 1.807) is 13.8 Å². The van der Waals surface area contributed by atoms with Gasteiger partial charge in [0.25, 0.3) is 0 Å². The van der Waals surface area contributed by atoms with Gasteiger partial charge in [0.15, 0.2) is 0 Å². The number of nitrogens with two attached hydrogens (primary N) is 3. The summed E-state index contributed by atoms with van der Waals surface area (Å²) in [4.78, 5) is 50.1. The first-order valence-electron chi connectivity index (χ1n) is 12.3. The van der Waals surface area contributed by atoms with Crippen molar-refractivity contribution in [1.82, 2.24) is 16.0 Å². The van der Waals surface area contributed by atoms with Crippen molar-refractivity contribution in [2.45, 2.75) is 96.8 Å². The van der Waals surface area contributed by atoms with E-state index in [4.69, 9.17) is 17.2 Å². The van der Waals surface area contributed by atoms with E-state index in [1.165, 1.54) is 0 Å². The van der Waals surface area contributed by atoms with Gasteiger partial charge in [-0.05, 0) is 63.5 Å². The predicted molar refractivity (Wildman–Crippen MR) is 132 cm³/mol. The van der Waals surface area contributed by atoms with Crippen LogP contribution in [0.1, 0.15) is 72.6 Å². The lowest BCUT2D eigenvalue weighted by Gasteiger charge is -2.27. The first kappa shape index (κ1) is 31.8. The zero-order valence-electron chi connectivity index (χ0n) is 21.1. The molecule has 0 rings (SSSR count). The van der Waals surface area contributed by atoms with Crippen molar-refractivity contribution in [3.8, 4) is 0 Å². The molecule has 0 spiro atoms. The molecule has 11 nitrogen and oxygen atoms in total. The van der Waals surface area contributed by atoms with Gasteiger partial charge in [-0.2, -0.15) is 0 Å². The highest BCUT2D eigenvalue weighted by Gasteiger charge is 2.32. The van der Waals surface area contributed by atoms with Crippen LogP contribution in [-0.4, -0.2) is 66.1 Å². The molecule has 0 saturated heterocycles. The van der Waals surface area contributed by atoms with E-state index < -0.39 is 47.9 Å². The second-order valence-corrected chi connectivity index (χ2v) is 9.17. The minimum Gasteiger partial charge on any atom is -0.480 e. The Morgan fingerprint density at radius 3 is 1.71 bits per heavy atom. The number of aliphatic carboxylic acids is 1. The molecular weight excluding hydrogens is 440 g/mol. The highest BCUT2D eigenvalue weighted by atomic mass is 16.4. The fourth-order valence-corrected chi connectivity index (χ4v) is 3.34. The molecule has 3 amide bonds. The van der Waals surface area contributed by atoms with E-state index in [9.17, 15) is 24.3 Å². The molecule has 0 radical (unpaired) electrons. The van der Waals surface area contributed by atoms with E-state index in [0.717, 1.165) is 0 Å². The number of amides is 3. The number of carboxylic acid groups (broad SMARTS) is 1. The largest absolute Gasteiger partial charge is 0.480 e. The Balaban J connectivity index is 5.40. The summed E-state index contributed by atoms with van der Waals surface area (Å²) in [5.41, 5.74) is 17.0. The number of hydrogen-bond acceptors (Lipinski definition) is 7. The standard InChI is InChI=1S/C23H46N6O5/c1-5-15(4)18(26)21(31)27-16(10-6-8-12-24)20(30)29-19(14(2)3)22(32)28-17(23(33)34)11-7-9-13-25/h14-19H,5-13,24-26H2,1-4H3,(H,27,31)(H,28,32)(H,29,30)(H,33,34). The minimum absolute atomic E-state index is 0.0610. The van der Waals surface area contributed by atoms with Gasteiger partial charge in [-0.15, -0.1) is 0 Å². The van der Waals surface area contributed by atoms with Gasteiger partial charge in [0, 0.05) is 0 Å². The van der Waals surface area contributed by atoms with Crippen LogP contribution >= 0.6 is 0 Å². The molecule has 0 fully saturated rings. The van der Waals surface area contributed by atoms with Gasteiger partial charge < -0.3 is 38.3 Å². The van der Waals surface area contributed by atoms with Gasteiger partial charge in [0.2, 0.25) is 17.7 Å². The molecule has 11 heteroatoms. The average Bonchev–Trinajstić information content (AvgIpc) is 2.79. The maximum atomic E-state index is 13.1. The molecule has 0 aliphatic rings. The van der Waals surface area contributed by atoms with Gasteiger partial charge >= 0.3 is 5.97 Å². The monoisotopic (exact) mass is 486 g/mol. The third-order valence-electron chi connectivity index (χ3n) is 5.95. The third kappa shape index (κ3) is 11.8. The molecule has 10 N–H and O–H groups in total. The maximum Gasteiger partial charge on any atom is 0.326 e. The molecule has 5 unspecified atom stereocenters. The van der Waals surface area contributed by atoms with Gasteiger partial charge in [0.1, 0.15) is 18.1 Å². The number of nitrogens with one attached hydrogen (secondary N) is 3. The van der Waals surface area contributed by atoms with Crippen LogP contribution in [0.15, 0.2) is 0 Å². The number of carbonyl (C=O) groups excluding carboxylic acids is 3. The Hall–Kier alpha value is -2.24. The van der Waals surface area contributed by atoms with E-state index >= 15 is 0 Å². The molecule has 0 aliphatic heterocycles. The Labute approximate surface area is 203 Å². The van der Waals surface area contributed by atoms with Crippen LogP contribution in [0.25, 0.3) is 0 Å². The maximum absolute atomic E-state index is 13.1. The van der Waals surface area contributed by atoms with Gasteiger partial charge in [-0.3, -0.25) is 14.4 Å². The van der Waals surface area contributed by atoms with E-state index in [2.05, 4.69) is 16.0 Å². The molecule has 0 aromatic rings. The molecule has 34 heavy (non-hydrogen) atoms. The summed E-state index contributed by atoms with van der Waals surface area (Å²) in [6.45, 7) is 8.16. The minimum atomic E-state index is -1.15. The SMILES string of the molecule is CCC(C)C(N)C(=O)NC(CCCCN)C(=O)NC(C(=O)NC(CCCCN)C(=O)O)C(C)C. The normalized spacial score (nSPS) is 15.6. The van der Waals surface area contributed by atoms with Crippen LogP contribution in [0.3, 0.4) is 0 Å². The van der Waals surface area contributed by atoms with Crippen LogP contribution < -0.4 is 33.2 Å². The zero-order chi connectivity index (χ0) is 26.3. The first-order valence-corrected chi connectivity index (χ1v) is 12.3. The van der Waals surface area contributed by atoms with Crippen molar-refractivity contribution < 1.29 is 24.3 Å². The van der Waals surface area contributed by atoms with Crippen molar-refractivity contribution in [3.05, 3.63) is 0 Å². The van der Waals surface area contributed by atoms with Crippen LogP contribution in [0.5, 0.6) is 0 Å². The molecule has 0 saturated carbocycles. The van der Waals surface area contributed by atoms with Gasteiger partial charge in [-0.25, -0.2) is 4.79 Å². The summed E-state index contributed by atoms with van der Waals surface area (Å²) in [6, 6.07) is -3.70. The second-order valence-electron chi connectivity index (χ2n) is 9.17. The Kier molecular flexibility index (Phi) is 16.1. The Morgan fingerprint density at radius 2 is 1.26 bits per heavy atom. The molecule has 198 valence electrons. The number of carboxylic acids is 1. The second kappa shape index (κ2) is 17.2. The first-order chi connectivity index (χ1) is 16.0. The number of hydrogen-bond donors (Lipinski definition) is 7. The van der Waals surface area contributed by atoms with E-state index in [0.29, 0.717) is 51.6 Å². The van der Waals surface area contributed by atoms with Crippen molar-refractivity contribution in [2.24, 2.45) is 29.0 Å². The quantitative estimate of drug-likeness (QED) is 0.129. The van der Waals surface area contributed by atoms with Crippen LogP contribution in [0.2, 0.25) is 0 Å². The molecule has 0 aliphatic carbocycles. The number of unbranched alkanes of at least 4 members (excludes halogenated alkanes) is 2. The van der Waals surface area contributed by atoms with Crippen molar-refractivity contribution in [1.29, 1.82) is 0 Å². The van der Waals surface area contributed by atoms with Crippen molar-refractivity contribution in [3.63, 3.8) is 0 Å². The fraction of sp³-hybridized carbons (Fsp3) is 0.826. The zero-order valence-corrected chi connectivity index (χ0v) is 21.1.